The van der Waals surface area contributed by atoms with E-state index in [0.717, 1.165) is 0 Å². The molecule has 21 heavy (non-hydrogen) atoms. The lowest BCUT2D eigenvalue weighted by Crippen LogP contribution is -1.83. The Labute approximate surface area is 144 Å². The Morgan fingerprint density at radius 2 is 0.714 bits per heavy atom. The Morgan fingerprint density at radius 1 is 0.476 bits per heavy atom. The number of halogens is 1. The van der Waals surface area contributed by atoms with Gasteiger partial charge in [-0.1, -0.05) is 116 Å². The smallest absolute Gasteiger partial charge is 0.0108 e. The van der Waals surface area contributed by atoms with E-state index in [2.05, 4.69) is 18.5 Å². The van der Waals surface area contributed by atoms with Crippen molar-refractivity contribution < 1.29 is 0 Å². The molecule has 0 saturated heterocycles. The first-order chi connectivity index (χ1) is 10.4. The molecule has 0 nitrogen and oxygen atoms in total. The molecule has 0 atom stereocenters. The van der Waals surface area contributed by atoms with Crippen molar-refractivity contribution in [2.45, 2.75) is 116 Å². The second-order valence-electron chi connectivity index (χ2n) is 6.30. The molecule has 0 aromatic carbocycles. The van der Waals surface area contributed by atoms with Crippen molar-refractivity contribution in [2.75, 3.05) is 6.38 Å². The average Bonchev–Trinajstić information content (AvgIpc) is 2.53. The van der Waals surface area contributed by atoms with Crippen molar-refractivity contribution in [3.63, 3.8) is 0 Å². The minimum absolute atomic E-state index is 1.38. The van der Waals surface area contributed by atoms with Gasteiger partial charge in [-0.25, -0.2) is 0 Å². The minimum Gasteiger partial charge on any atom is -0.130 e. The van der Waals surface area contributed by atoms with Crippen LogP contribution in [0.5, 0.6) is 0 Å². The number of alkyl halides is 1. The molecule has 2 heteroatoms. The molecule has 0 bridgehead atoms. The Balaban J connectivity index is 0. The van der Waals surface area contributed by atoms with Gasteiger partial charge in [-0.15, -0.1) is 11.6 Å². The fourth-order valence-corrected chi connectivity index (χ4v) is 3.30. The predicted molar refractivity (Wildman–Crippen MR) is 106 cm³/mol. The molecular formula is C19H43ClSi. The van der Waals surface area contributed by atoms with Gasteiger partial charge in [0.1, 0.15) is 0 Å². The second kappa shape index (κ2) is 25.5. The summed E-state index contributed by atoms with van der Waals surface area (Å²) >= 11 is 4.64. The van der Waals surface area contributed by atoms with Crippen molar-refractivity contribution in [1.82, 2.24) is 0 Å². The van der Waals surface area contributed by atoms with E-state index < -0.39 is 0 Å². The molecule has 0 unspecified atom stereocenters. The summed E-state index contributed by atoms with van der Waals surface area (Å²) in [4.78, 5) is 0. The zero-order valence-corrected chi connectivity index (χ0v) is 18.2. The second-order valence-corrected chi connectivity index (χ2v) is 7.30. The third kappa shape index (κ3) is 25.8. The first-order valence-corrected chi connectivity index (χ1v) is 12.0. The first kappa shape index (κ1) is 23.8. The largest absolute Gasteiger partial charge is 0.130 e. The van der Waals surface area contributed by atoms with Crippen LogP contribution in [0.25, 0.3) is 0 Å². The van der Waals surface area contributed by atoms with Crippen LogP contribution in [0.15, 0.2) is 0 Å². The fourth-order valence-electron chi connectivity index (χ4n) is 2.80. The molecule has 130 valence electrons. The molecular weight excluding hydrogens is 292 g/mol. The molecule has 0 amide bonds. The molecule has 0 saturated carbocycles. The van der Waals surface area contributed by atoms with Crippen LogP contribution < -0.4 is 0 Å². The van der Waals surface area contributed by atoms with Crippen LogP contribution >= 0.6 is 11.6 Å². The van der Waals surface area contributed by atoms with Gasteiger partial charge in [-0.3, -0.25) is 0 Å². The highest BCUT2D eigenvalue weighted by Crippen LogP contribution is 2.13. The Bertz CT molecular complexity index is 135. The van der Waals surface area contributed by atoms with Crippen LogP contribution in [0.1, 0.15) is 110 Å². The van der Waals surface area contributed by atoms with Gasteiger partial charge in [-0.05, 0) is 0 Å². The zero-order chi connectivity index (χ0) is 16.0. The number of rotatable bonds is 16. The molecule has 0 aromatic heterocycles. The molecule has 0 radical (unpaired) electrons. The number of unbranched alkanes of at least 4 members (excludes halogenated alkanes) is 15. The summed E-state index contributed by atoms with van der Waals surface area (Å²) in [5, 5.41) is 0. The molecule has 0 aliphatic carbocycles. The zero-order valence-electron chi connectivity index (χ0n) is 15.4. The lowest BCUT2D eigenvalue weighted by molar-refractivity contribution is 0.531. The van der Waals surface area contributed by atoms with Crippen LogP contribution in [0.4, 0.5) is 0 Å². The van der Waals surface area contributed by atoms with Gasteiger partial charge in [0, 0.05) is 16.6 Å². The Morgan fingerprint density at radius 3 is 0.952 bits per heavy atom. The summed E-state index contributed by atoms with van der Waals surface area (Å²) in [6.45, 7) is 2.30. The average molecular weight is 335 g/mol. The van der Waals surface area contributed by atoms with Crippen LogP contribution in [0, 0.1) is 0 Å². The maximum atomic E-state index is 4.64. The van der Waals surface area contributed by atoms with Crippen LogP contribution in [-0.4, -0.2) is 16.6 Å². The summed E-state index contributed by atoms with van der Waals surface area (Å²) in [7, 11) is 1.41. The first-order valence-electron chi connectivity index (χ1n) is 9.79. The van der Waals surface area contributed by atoms with Crippen molar-refractivity contribution in [2.24, 2.45) is 0 Å². The summed E-state index contributed by atoms with van der Waals surface area (Å²) < 4.78 is 0. The standard InChI is InChI=1S/C18H40Si.CH3Cl/c1-2-3-4-5-6-7-8-9-10-11-12-13-14-15-16-17-18-19;1-2/h2-18H2,1,19H3;1H3. The van der Waals surface area contributed by atoms with E-state index in [1.807, 2.05) is 0 Å². The highest BCUT2D eigenvalue weighted by Gasteiger charge is 1.94. The fraction of sp³-hybridized carbons (Fsp3) is 1.00. The summed E-state index contributed by atoms with van der Waals surface area (Å²) in [6.07, 6.45) is 25.2. The molecule has 0 N–H and O–H groups in total. The molecule has 0 fully saturated rings. The minimum atomic E-state index is 1.38. The summed E-state index contributed by atoms with van der Waals surface area (Å²) in [5.41, 5.74) is 0. The molecule has 0 rings (SSSR count). The Hall–Kier alpha value is 0.507. The Kier molecular flexibility index (Phi) is 28.8. The maximum absolute atomic E-state index is 4.64. The summed E-state index contributed by atoms with van der Waals surface area (Å²) in [5.74, 6) is 0. The van der Waals surface area contributed by atoms with Gasteiger partial charge in [0.2, 0.25) is 0 Å². The van der Waals surface area contributed by atoms with Crippen molar-refractivity contribution >= 4 is 21.8 Å². The monoisotopic (exact) mass is 334 g/mol. The van der Waals surface area contributed by atoms with Gasteiger partial charge in [0.15, 0.2) is 0 Å². The van der Waals surface area contributed by atoms with Crippen molar-refractivity contribution in [3.8, 4) is 0 Å². The lowest BCUT2D eigenvalue weighted by Gasteiger charge is -2.03. The van der Waals surface area contributed by atoms with Crippen LogP contribution in [0.2, 0.25) is 6.04 Å². The quantitative estimate of drug-likeness (QED) is 0.164. The van der Waals surface area contributed by atoms with E-state index in [4.69, 9.17) is 0 Å². The number of hydrogen-bond acceptors (Lipinski definition) is 0. The van der Waals surface area contributed by atoms with E-state index in [0.29, 0.717) is 0 Å². The van der Waals surface area contributed by atoms with Crippen molar-refractivity contribution in [3.05, 3.63) is 0 Å². The van der Waals surface area contributed by atoms with E-state index >= 15 is 0 Å². The van der Waals surface area contributed by atoms with Crippen molar-refractivity contribution in [1.29, 1.82) is 0 Å². The van der Waals surface area contributed by atoms with Crippen LogP contribution in [-0.2, 0) is 0 Å². The normalized spacial score (nSPS) is 10.4. The van der Waals surface area contributed by atoms with Gasteiger partial charge >= 0.3 is 0 Å². The molecule has 0 aromatic rings. The van der Waals surface area contributed by atoms with Gasteiger partial charge < -0.3 is 0 Å². The highest BCUT2D eigenvalue weighted by molar-refractivity contribution is 6.15. The van der Waals surface area contributed by atoms with Crippen LogP contribution in [0.3, 0.4) is 0 Å². The van der Waals surface area contributed by atoms with Gasteiger partial charge in [0.05, 0.1) is 0 Å². The van der Waals surface area contributed by atoms with E-state index in [1.54, 1.807) is 0 Å². The number of hydrogen-bond donors (Lipinski definition) is 0. The van der Waals surface area contributed by atoms with Gasteiger partial charge in [0.25, 0.3) is 0 Å². The van der Waals surface area contributed by atoms with E-state index in [9.17, 15) is 0 Å². The van der Waals surface area contributed by atoms with E-state index in [1.165, 1.54) is 125 Å². The highest BCUT2D eigenvalue weighted by atomic mass is 35.5. The SMILES string of the molecule is CCCCCCCCCCCCCCCCCC[SiH3].CCl. The summed E-state index contributed by atoms with van der Waals surface area (Å²) in [6, 6.07) is 1.51. The van der Waals surface area contributed by atoms with Gasteiger partial charge in [-0.2, -0.15) is 0 Å². The lowest BCUT2D eigenvalue weighted by atomic mass is 10.0. The van der Waals surface area contributed by atoms with E-state index in [-0.39, 0.29) is 0 Å². The topological polar surface area (TPSA) is 0 Å². The molecule has 0 aliphatic rings. The third-order valence-corrected chi connectivity index (χ3v) is 4.91. The predicted octanol–water partition coefficient (Wildman–Crippen LogP) is 6.89. The molecule has 0 aliphatic heterocycles. The maximum Gasteiger partial charge on any atom is 0.0108 e. The third-order valence-electron chi connectivity index (χ3n) is 4.21. The molecule has 0 spiro atoms. The molecule has 0 heterocycles.